The Morgan fingerprint density at radius 2 is 1.92 bits per heavy atom. The molecule has 4 rings (SSSR count). The largest absolute Gasteiger partial charge is 0.358 e. The van der Waals surface area contributed by atoms with E-state index < -0.39 is 0 Å². The Hall–Kier alpha value is -2.33. The highest BCUT2D eigenvalue weighted by atomic mass is 15.2. The van der Waals surface area contributed by atoms with Crippen LogP contribution < -0.4 is 10.2 Å². The average molecular weight is 334 g/mol. The number of benzene rings is 1. The number of aryl methyl sites for hydroxylation is 1. The topological polar surface area (TPSA) is 44.0 Å². The van der Waals surface area contributed by atoms with Gasteiger partial charge in [-0.15, -0.1) is 0 Å². The number of aromatic nitrogens is 2. The Morgan fingerprint density at radius 3 is 2.72 bits per heavy atom. The van der Waals surface area contributed by atoms with E-state index in [4.69, 9.17) is 0 Å². The van der Waals surface area contributed by atoms with Crippen LogP contribution in [0.1, 0.15) is 24.1 Å². The molecule has 0 saturated carbocycles. The molecule has 2 N–H and O–H groups in total. The molecule has 25 heavy (non-hydrogen) atoms. The summed E-state index contributed by atoms with van der Waals surface area (Å²) < 4.78 is 0. The van der Waals surface area contributed by atoms with E-state index in [2.05, 4.69) is 63.5 Å². The van der Waals surface area contributed by atoms with Crippen molar-refractivity contribution in [1.82, 2.24) is 15.3 Å². The van der Waals surface area contributed by atoms with E-state index in [1.165, 1.54) is 35.0 Å². The summed E-state index contributed by atoms with van der Waals surface area (Å²) in [7, 11) is 0. The number of nitrogens with zero attached hydrogens (tertiary/aromatic N) is 2. The van der Waals surface area contributed by atoms with Gasteiger partial charge in [0.05, 0.1) is 0 Å². The van der Waals surface area contributed by atoms with Gasteiger partial charge < -0.3 is 15.2 Å². The molecule has 3 heterocycles. The zero-order valence-corrected chi connectivity index (χ0v) is 14.8. The van der Waals surface area contributed by atoms with Gasteiger partial charge in [0.1, 0.15) is 5.82 Å². The average Bonchev–Trinajstić information content (AvgIpc) is 2.99. The second-order valence-corrected chi connectivity index (χ2v) is 6.93. The number of piperidine rings is 1. The number of nitrogens with one attached hydrogen (secondary N) is 2. The molecule has 1 aliphatic rings. The van der Waals surface area contributed by atoms with E-state index in [0.717, 1.165) is 31.9 Å². The van der Waals surface area contributed by atoms with Gasteiger partial charge in [-0.25, -0.2) is 4.98 Å². The number of fused-ring (bicyclic) bond motifs is 1. The molecule has 1 saturated heterocycles. The fourth-order valence-electron chi connectivity index (χ4n) is 3.91. The smallest absolute Gasteiger partial charge is 0.128 e. The van der Waals surface area contributed by atoms with Gasteiger partial charge in [-0.3, -0.25) is 0 Å². The minimum atomic E-state index is 0.616. The van der Waals surface area contributed by atoms with Crippen molar-refractivity contribution in [3.05, 3.63) is 59.9 Å². The molecule has 2 aromatic heterocycles. The minimum absolute atomic E-state index is 0.616. The first kappa shape index (κ1) is 16.2. The second kappa shape index (κ2) is 7.28. The zero-order chi connectivity index (χ0) is 17.1. The van der Waals surface area contributed by atoms with E-state index in [1.54, 1.807) is 0 Å². The van der Waals surface area contributed by atoms with Gasteiger partial charge in [-0.2, -0.15) is 0 Å². The maximum Gasteiger partial charge on any atom is 0.128 e. The first-order chi connectivity index (χ1) is 12.3. The highest BCUT2D eigenvalue weighted by Crippen LogP contribution is 2.22. The molecule has 0 amide bonds. The van der Waals surface area contributed by atoms with Crippen LogP contribution in [0.5, 0.6) is 0 Å². The number of pyridine rings is 1. The van der Waals surface area contributed by atoms with Crippen LogP contribution in [-0.2, 0) is 6.42 Å². The molecule has 1 aliphatic heterocycles. The van der Waals surface area contributed by atoms with Crippen molar-refractivity contribution in [3.8, 4) is 0 Å². The van der Waals surface area contributed by atoms with Crippen molar-refractivity contribution in [2.24, 2.45) is 0 Å². The third-order valence-corrected chi connectivity index (χ3v) is 5.30. The third-order valence-electron chi connectivity index (χ3n) is 5.30. The normalized spacial score (nSPS) is 15.8. The molecule has 1 fully saturated rings. The Balaban J connectivity index is 1.29. The number of hydrogen-bond acceptors (Lipinski definition) is 3. The predicted molar refractivity (Wildman–Crippen MR) is 104 cm³/mol. The summed E-state index contributed by atoms with van der Waals surface area (Å²) >= 11 is 0. The molecule has 130 valence electrons. The minimum Gasteiger partial charge on any atom is -0.358 e. The molecule has 0 radical (unpaired) electrons. The van der Waals surface area contributed by atoms with Crippen molar-refractivity contribution in [2.45, 2.75) is 32.2 Å². The number of hydrogen-bond donors (Lipinski definition) is 2. The summed E-state index contributed by atoms with van der Waals surface area (Å²) in [6.45, 7) is 5.39. The Morgan fingerprint density at radius 1 is 1.12 bits per heavy atom. The Labute approximate surface area is 149 Å². The van der Waals surface area contributed by atoms with Crippen LogP contribution in [0.25, 0.3) is 10.9 Å². The lowest BCUT2D eigenvalue weighted by atomic mass is 10.0. The van der Waals surface area contributed by atoms with Gasteiger partial charge in [-0.05, 0) is 56.5 Å². The van der Waals surface area contributed by atoms with Crippen molar-refractivity contribution in [2.75, 3.05) is 24.5 Å². The lowest BCUT2D eigenvalue weighted by Crippen LogP contribution is -2.43. The number of anilines is 1. The maximum atomic E-state index is 4.46. The molecular weight excluding hydrogens is 308 g/mol. The summed E-state index contributed by atoms with van der Waals surface area (Å²) in [6.07, 6.45) is 5.33. The quantitative estimate of drug-likeness (QED) is 0.748. The van der Waals surface area contributed by atoms with Crippen LogP contribution in [-0.4, -0.2) is 35.6 Å². The Kier molecular flexibility index (Phi) is 4.70. The molecule has 0 unspecified atom stereocenters. The first-order valence-electron chi connectivity index (χ1n) is 9.27. The van der Waals surface area contributed by atoms with Gasteiger partial charge in [-0.1, -0.05) is 24.3 Å². The summed E-state index contributed by atoms with van der Waals surface area (Å²) in [5, 5.41) is 5.13. The first-order valence-corrected chi connectivity index (χ1v) is 9.27. The number of aromatic amines is 1. The fourth-order valence-corrected chi connectivity index (χ4v) is 3.91. The van der Waals surface area contributed by atoms with E-state index in [0.29, 0.717) is 6.04 Å². The zero-order valence-electron chi connectivity index (χ0n) is 14.8. The molecule has 3 aromatic rings. The summed E-state index contributed by atoms with van der Waals surface area (Å²) in [5.41, 5.74) is 4.00. The maximum absolute atomic E-state index is 4.46. The Bertz CT molecular complexity index is 816. The lowest BCUT2D eigenvalue weighted by molar-refractivity contribution is 0.416. The van der Waals surface area contributed by atoms with Crippen LogP contribution >= 0.6 is 0 Å². The predicted octanol–water partition coefficient (Wildman–Crippen LogP) is 3.67. The molecule has 0 spiro atoms. The van der Waals surface area contributed by atoms with Crippen LogP contribution in [0.3, 0.4) is 0 Å². The van der Waals surface area contributed by atoms with Crippen molar-refractivity contribution in [3.63, 3.8) is 0 Å². The van der Waals surface area contributed by atoms with E-state index in [-0.39, 0.29) is 0 Å². The van der Waals surface area contributed by atoms with Crippen molar-refractivity contribution >= 4 is 16.7 Å². The summed E-state index contributed by atoms with van der Waals surface area (Å²) in [6, 6.07) is 15.4. The number of H-pyrrole nitrogens is 1. The van der Waals surface area contributed by atoms with Gasteiger partial charge in [0.25, 0.3) is 0 Å². The van der Waals surface area contributed by atoms with Gasteiger partial charge in [0.15, 0.2) is 0 Å². The van der Waals surface area contributed by atoms with Gasteiger partial charge in [0.2, 0.25) is 0 Å². The van der Waals surface area contributed by atoms with Gasteiger partial charge >= 0.3 is 0 Å². The van der Waals surface area contributed by atoms with E-state index >= 15 is 0 Å². The van der Waals surface area contributed by atoms with Crippen molar-refractivity contribution in [1.29, 1.82) is 0 Å². The van der Waals surface area contributed by atoms with Crippen LogP contribution in [0.4, 0.5) is 5.82 Å². The van der Waals surface area contributed by atoms with Crippen molar-refractivity contribution < 1.29 is 0 Å². The SMILES string of the molecule is Cc1[nH]c2ccccc2c1CCNC1CCN(c2ccccn2)CC1. The second-order valence-electron chi connectivity index (χ2n) is 6.93. The third kappa shape index (κ3) is 3.54. The van der Waals surface area contributed by atoms with Crippen LogP contribution in [0.2, 0.25) is 0 Å². The van der Waals surface area contributed by atoms with E-state index in [1.807, 2.05) is 12.3 Å². The number of rotatable bonds is 5. The highest BCUT2D eigenvalue weighted by molar-refractivity contribution is 5.84. The van der Waals surface area contributed by atoms with E-state index in [9.17, 15) is 0 Å². The van der Waals surface area contributed by atoms with Gasteiger partial charge in [0, 0.05) is 41.9 Å². The molecule has 1 aromatic carbocycles. The van der Waals surface area contributed by atoms with Crippen LogP contribution in [0, 0.1) is 6.92 Å². The monoisotopic (exact) mass is 334 g/mol. The summed E-state index contributed by atoms with van der Waals surface area (Å²) in [5.74, 6) is 1.11. The lowest BCUT2D eigenvalue weighted by Gasteiger charge is -2.33. The molecule has 0 aliphatic carbocycles. The standard InChI is InChI=1S/C21H26N4/c1-16-18(19-6-2-3-7-20(19)24-16)9-13-22-17-10-14-25(15-11-17)21-8-4-5-12-23-21/h2-8,12,17,22,24H,9-11,13-15H2,1H3. The molecule has 4 heteroatoms. The molecule has 4 nitrogen and oxygen atoms in total. The highest BCUT2D eigenvalue weighted by Gasteiger charge is 2.19. The number of para-hydroxylation sites is 1. The molecule has 0 atom stereocenters. The molecular formula is C21H26N4. The fraction of sp³-hybridized carbons (Fsp3) is 0.381. The molecule has 0 bridgehead atoms. The summed E-state index contributed by atoms with van der Waals surface area (Å²) in [4.78, 5) is 10.4. The van der Waals surface area contributed by atoms with Crippen LogP contribution in [0.15, 0.2) is 48.7 Å².